The van der Waals surface area contributed by atoms with Crippen LogP contribution in [0.25, 0.3) is 82.4 Å². The average molecular weight is 740 g/mol. The van der Waals surface area contributed by atoms with Crippen molar-refractivity contribution in [2.75, 3.05) is 4.90 Å². The summed E-state index contributed by atoms with van der Waals surface area (Å²) < 4.78 is 2.36. The summed E-state index contributed by atoms with van der Waals surface area (Å²) in [5.74, 6) is 0. The Kier molecular flexibility index (Phi) is 8.15. The molecule has 9 aromatic carbocycles. The minimum absolute atomic E-state index is 1.08. The fourth-order valence-corrected chi connectivity index (χ4v) is 8.89. The molecule has 11 rings (SSSR count). The summed E-state index contributed by atoms with van der Waals surface area (Å²) in [7, 11) is 0. The lowest BCUT2D eigenvalue weighted by molar-refractivity contribution is 1.18. The lowest BCUT2D eigenvalue weighted by Crippen LogP contribution is -2.09. The van der Waals surface area contributed by atoms with Crippen LogP contribution in [0.5, 0.6) is 0 Å². The fraction of sp³-hybridized carbons (Fsp3) is 0. The summed E-state index contributed by atoms with van der Waals surface area (Å²) in [5, 5.41) is 7.34. The van der Waals surface area contributed by atoms with Gasteiger partial charge in [-0.15, -0.1) is 0 Å². The van der Waals surface area contributed by atoms with Crippen molar-refractivity contribution < 1.29 is 0 Å². The monoisotopic (exact) mass is 739 g/mol. The van der Waals surface area contributed by atoms with E-state index >= 15 is 0 Å². The third kappa shape index (κ3) is 5.64. The normalized spacial score (nSPS) is 11.4. The fourth-order valence-electron chi connectivity index (χ4n) is 8.89. The Balaban J connectivity index is 1.03. The molecular formula is C55H37N3. The first-order valence-electron chi connectivity index (χ1n) is 19.8. The molecule has 3 nitrogen and oxygen atoms in total. The van der Waals surface area contributed by atoms with Gasteiger partial charge in [0.15, 0.2) is 0 Å². The molecule has 0 saturated heterocycles. The van der Waals surface area contributed by atoms with Crippen LogP contribution in [0.15, 0.2) is 225 Å². The van der Waals surface area contributed by atoms with E-state index in [0.717, 1.165) is 39.4 Å². The minimum Gasteiger partial charge on any atom is -0.310 e. The van der Waals surface area contributed by atoms with Crippen LogP contribution in [-0.4, -0.2) is 9.55 Å². The van der Waals surface area contributed by atoms with E-state index in [1.54, 1.807) is 0 Å². The zero-order chi connectivity index (χ0) is 38.4. The smallest absolute Gasteiger partial charge is 0.0541 e. The van der Waals surface area contributed by atoms with Crippen molar-refractivity contribution in [1.29, 1.82) is 0 Å². The Morgan fingerprint density at radius 3 is 1.31 bits per heavy atom. The maximum Gasteiger partial charge on any atom is 0.0541 e. The molecule has 0 aliphatic heterocycles. The summed E-state index contributed by atoms with van der Waals surface area (Å²) in [4.78, 5) is 7.19. The van der Waals surface area contributed by atoms with Gasteiger partial charge in [0.2, 0.25) is 0 Å². The molecule has 0 spiro atoms. The number of benzene rings is 9. The Bertz CT molecular complexity index is 3120. The largest absolute Gasteiger partial charge is 0.310 e. The lowest BCUT2D eigenvalue weighted by atomic mass is 9.86. The van der Waals surface area contributed by atoms with Gasteiger partial charge in [-0.25, -0.2) is 0 Å². The van der Waals surface area contributed by atoms with Gasteiger partial charge >= 0.3 is 0 Å². The third-order valence-corrected chi connectivity index (χ3v) is 11.4. The van der Waals surface area contributed by atoms with Crippen molar-refractivity contribution in [3.05, 3.63) is 225 Å². The van der Waals surface area contributed by atoms with Crippen LogP contribution in [0.1, 0.15) is 0 Å². The Morgan fingerprint density at radius 1 is 0.310 bits per heavy atom. The van der Waals surface area contributed by atoms with E-state index in [-0.39, 0.29) is 0 Å². The van der Waals surface area contributed by atoms with Crippen LogP contribution >= 0.6 is 0 Å². The van der Waals surface area contributed by atoms with E-state index in [0.29, 0.717) is 0 Å². The highest BCUT2D eigenvalue weighted by Crippen LogP contribution is 2.45. The van der Waals surface area contributed by atoms with Crippen molar-refractivity contribution in [2.24, 2.45) is 0 Å². The van der Waals surface area contributed by atoms with Gasteiger partial charge in [-0.1, -0.05) is 146 Å². The number of fused-ring (bicyclic) bond motifs is 5. The molecule has 3 heteroatoms. The second-order valence-corrected chi connectivity index (χ2v) is 14.8. The highest BCUT2D eigenvalue weighted by Gasteiger charge is 2.19. The standard InChI is InChI=1S/C55H37N3/c1-3-17-42(18-4-1)57(43-19-5-2-6-20-43)45-21-15-16-39(35-45)54-48-24-7-9-26-50(48)55(51-27-10-8-25-49(51)54)41-34-40(36-56-37-41)38-30-32-44(33-31-38)58-52-28-13-11-22-46(52)47-23-12-14-29-53(47)58/h1-37H. The summed E-state index contributed by atoms with van der Waals surface area (Å²) in [6, 6.07) is 76.3. The summed E-state index contributed by atoms with van der Waals surface area (Å²) >= 11 is 0. The van der Waals surface area contributed by atoms with Gasteiger partial charge < -0.3 is 9.47 Å². The first kappa shape index (κ1) is 33.6. The van der Waals surface area contributed by atoms with Crippen LogP contribution in [-0.2, 0) is 0 Å². The van der Waals surface area contributed by atoms with E-state index < -0.39 is 0 Å². The summed E-state index contributed by atoms with van der Waals surface area (Å²) in [6.45, 7) is 0. The van der Waals surface area contributed by atoms with Crippen molar-refractivity contribution in [2.45, 2.75) is 0 Å². The van der Waals surface area contributed by atoms with Crippen molar-refractivity contribution in [3.8, 4) is 39.1 Å². The third-order valence-electron chi connectivity index (χ3n) is 11.4. The van der Waals surface area contributed by atoms with Crippen molar-refractivity contribution in [1.82, 2.24) is 9.55 Å². The summed E-state index contributed by atoms with van der Waals surface area (Å²) in [6.07, 6.45) is 4.00. The average Bonchev–Trinajstić information content (AvgIpc) is 3.63. The number of pyridine rings is 1. The maximum absolute atomic E-state index is 4.86. The molecule has 2 heterocycles. The highest BCUT2D eigenvalue weighted by atomic mass is 15.1. The molecule has 0 amide bonds. The van der Waals surface area contributed by atoms with Crippen LogP contribution in [0, 0.1) is 0 Å². The number of rotatable bonds is 7. The van der Waals surface area contributed by atoms with Crippen LogP contribution in [0.3, 0.4) is 0 Å². The number of anilines is 3. The molecule has 0 bridgehead atoms. The molecule has 0 aliphatic carbocycles. The molecule has 0 unspecified atom stereocenters. The first-order valence-corrected chi connectivity index (χ1v) is 19.8. The zero-order valence-corrected chi connectivity index (χ0v) is 31.7. The van der Waals surface area contributed by atoms with Gasteiger partial charge in [0, 0.05) is 57.0 Å². The molecule has 0 radical (unpaired) electrons. The topological polar surface area (TPSA) is 21.1 Å². The molecule has 11 aromatic rings. The number of nitrogens with zero attached hydrogens (tertiary/aromatic N) is 3. The second-order valence-electron chi connectivity index (χ2n) is 14.8. The highest BCUT2D eigenvalue weighted by molar-refractivity contribution is 6.21. The number of aromatic nitrogens is 2. The van der Waals surface area contributed by atoms with Crippen LogP contribution in [0.2, 0.25) is 0 Å². The van der Waals surface area contributed by atoms with E-state index in [9.17, 15) is 0 Å². The molecule has 0 aliphatic rings. The van der Waals surface area contributed by atoms with Gasteiger partial charge in [0.25, 0.3) is 0 Å². The lowest BCUT2D eigenvalue weighted by Gasteiger charge is -2.26. The van der Waals surface area contributed by atoms with Crippen LogP contribution < -0.4 is 4.90 Å². The number of para-hydroxylation sites is 4. The molecule has 0 saturated carbocycles. The molecule has 0 atom stereocenters. The molecule has 58 heavy (non-hydrogen) atoms. The van der Waals surface area contributed by atoms with Gasteiger partial charge in [-0.2, -0.15) is 0 Å². The zero-order valence-electron chi connectivity index (χ0n) is 31.7. The SMILES string of the molecule is c1ccc(N(c2ccccc2)c2cccc(-c3c4ccccc4c(-c4cncc(-c5ccc(-n6c7ccccc7c7ccccc76)cc5)c4)c4ccccc34)c2)cc1. The van der Waals surface area contributed by atoms with Gasteiger partial charge in [0.1, 0.15) is 0 Å². The van der Waals surface area contributed by atoms with Crippen molar-refractivity contribution in [3.63, 3.8) is 0 Å². The number of hydrogen-bond acceptors (Lipinski definition) is 2. The first-order chi connectivity index (χ1) is 28.8. The molecule has 0 fully saturated rings. The summed E-state index contributed by atoms with van der Waals surface area (Å²) in [5.41, 5.74) is 13.8. The van der Waals surface area contributed by atoms with E-state index in [4.69, 9.17) is 4.98 Å². The molecular weight excluding hydrogens is 703 g/mol. The predicted molar refractivity (Wildman–Crippen MR) is 245 cm³/mol. The Hall–Kier alpha value is -7.75. The van der Waals surface area contributed by atoms with E-state index in [2.05, 4.69) is 222 Å². The van der Waals surface area contributed by atoms with Crippen molar-refractivity contribution >= 4 is 60.4 Å². The Labute approximate surface area is 337 Å². The minimum atomic E-state index is 1.08. The number of hydrogen-bond donors (Lipinski definition) is 0. The van der Waals surface area contributed by atoms with Gasteiger partial charge in [0.05, 0.1) is 11.0 Å². The van der Waals surface area contributed by atoms with E-state index in [1.165, 1.54) is 60.0 Å². The molecule has 272 valence electrons. The molecule has 2 aromatic heterocycles. The Morgan fingerprint density at radius 2 is 0.759 bits per heavy atom. The predicted octanol–water partition coefficient (Wildman–Crippen LogP) is 15.0. The van der Waals surface area contributed by atoms with Gasteiger partial charge in [-0.3, -0.25) is 4.98 Å². The molecule has 0 N–H and O–H groups in total. The quantitative estimate of drug-likeness (QED) is 0.152. The second kappa shape index (κ2) is 14.1. The van der Waals surface area contributed by atoms with Gasteiger partial charge in [-0.05, 0) is 111 Å². The van der Waals surface area contributed by atoms with E-state index in [1.807, 2.05) is 12.4 Å². The maximum atomic E-state index is 4.86. The van der Waals surface area contributed by atoms with Crippen LogP contribution in [0.4, 0.5) is 17.1 Å².